The van der Waals surface area contributed by atoms with E-state index in [9.17, 15) is 4.91 Å². The Hall–Kier alpha value is -2.75. The number of nitrogens with zero attached hydrogens (tertiary/aromatic N) is 2. The first kappa shape index (κ1) is 11.1. The third-order valence-electron chi connectivity index (χ3n) is 3.77. The number of hydrogen-bond acceptors (Lipinski definition) is 3. The zero-order valence-corrected chi connectivity index (χ0v) is 10.6. The van der Waals surface area contributed by atoms with Gasteiger partial charge in [0.2, 0.25) is 0 Å². The smallest absolute Gasteiger partial charge is 0.108 e. The number of rotatable bonds is 2. The first-order valence-corrected chi connectivity index (χ1v) is 6.46. The molecule has 0 fully saturated rings. The van der Waals surface area contributed by atoms with Crippen molar-refractivity contribution in [1.29, 1.82) is 0 Å². The van der Waals surface area contributed by atoms with E-state index in [1.54, 1.807) is 12.1 Å². The van der Waals surface area contributed by atoms with Gasteiger partial charge in [-0.1, -0.05) is 36.4 Å². The summed E-state index contributed by atoms with van der Waals surface area (Å²) in [6.45, 7) is 0. The molecule has 2 aromatic carbocycles. The molecule has 3 aromatic rings. The number of nitrogens with one attached hydrogen (secondary N) is 1. The summed E-state index contributed by atoms with van der Waals surface area (Å²) in [5.41, 5.74) is 7.27. The minimum Gasteiger partial charge on any atom is -0.277 e. The minimum atomic E-state index is 0.434. The van der Waals surface area contributed by atoms with Gasteiger partial charge in [-0.2, -0.15) is 5.10 Å². The number of aromatic amines is 1. The molecule has 1 aromatic heterocycles. The third-order valence-corrected chi connectivity index (χ3v) is 3.77. The maximum atomic E-state index is 10.5. The van der Waals surface area contributed by atoms with E-state index >= 15 is 0 Å². The van der Waals surface area contributed by atoms with E-state index in [1.807, 2.05) is 18.2 Å². The Kier molecular flexibility index (Phi) is 2.29. The van der Waals surface area contributed by atoms with Crippen LogP contribution in [0.5, 0.6) is 0 Å². The van der Waals surface area contributed by atoms with Crippen LogP contribution in [0.3, 0.4) is 0 Å². The highest BCUT2D eigenvalue weighted by Gasteiger charge is 2.24. The summed E-state index contributed by atoms with van der Waals surface area (Å²) in [5.74, 6) is 0. The van der Waals surface area contributed by atoms with E-state index in [0.717, 1.165) is 23.4 Å². The molecule has 0 unspecified atom stereocenters. The molecule has 4 heteroatoms. The van der Waals surface area contributed by atoms with E-state index in [1.165, 1.54) is 16.7 Å². The van der Waals surface area contributed by atoms with Crippen molar-refractivity contribution in [3.63, 3.8) is 0 Å². The Morgan fingerprint density at radius 2 is 1.85 bits per heavy atom. The van der Waals surface area contributed by atoms with Crippen LogP contribution in [0.25, 0.3) is 22.5 Å². The van der Waals surface area contributed by atoms with Gasteiger partial charge in [0.1, 0.15) is 5.69 Å². The molecule has 4 nitrogen and oxygen atoms in total. The standard InChI is InChI=1S/C16H11N3O/c20-19-12-7-5-10(6-8-12)15-14-9-11-3-1-2-4-13(11)16(14)18-17-15/h1-8H,9H2,(H,17,18). The van der Waals surface area contributed by atoms with Gasteiger partial charge in [-0.3, -0.25) is 5.10 Å². The molecule has 0 spiro atoms. The van der Waals surface area contributed by atoms with Gasteiger partial charge in [0.15, 0.2) is 0 Å². The molecule has 20 heavy (non-hydrogen) atoms. The predicted molar refractivity (Wildman–Crippen MR) is 77.7 cm³/mol. The second-order valence-corrected chi connectivity index (χ2v) is 4.90. The SMILES string of the molecule is O=Nc1ccc(-c2n[nH]c3c2Cc2ccccc2-3)cc1. The second kappa shape index (κ2) is 4.13. The lowest BCUT2D eigenvalue weighted by molar-refractivity contribution is 1.09. The summed E-state index contributed by atoms with van der Waals surface area (Å²) in [6.07, 6.45) is 0.894. The van der Waals surface area contributed by atoms with Crippen molar-refractivity contribution in [2.45, 2.75) is 6.42 Å². The molecule has 1 N–H and O–H groups in total. The quantitative estimate of drug-likeness (QED) is 0.553. The summed E-state index contributed by atoms with van der Waals surface area (Å²) in [5, 5.41) is 10.5. The maximum absolute atomic E-state index is 10.5. The lowest BCUT2D eigenvalue weighted by Crippen LogP contribution is -1.86. The summed E-state index contributed by atoms with van der Waals surface area (Å²) in [4.78, 5) is 10.5. The topological polar surface area (TPSA) is 58.1 Å². The van der Waals surface area contributed by atoms with Crippen molar-refractivity contribution >= 4 is 5.69 Å². The molecule has 1 aliphatic carbocycles. The van der Waals surface area contributed by atoms with Crippen molar-refractivity contribution in [2.24, 2.45) is 5.18 Å². The Morgan fingerprint density at radius 3 is 2.65 bits per heavy atom. The molecule has 0 bridgehead atoms. The summed E-state index contributed by atoms with van der Waals surface area (Å²) in [7, 11) is 0. The number of H-pyrrole nitrogens is 1. The normalized spacial score (nSPS) is 12.0. The van der Waals surface area contributed by atoms with Gasteiger partial charge in [-0.15, -0.1) is 4.91 Å². The van der Waals surface area contributed by atoms with Gasteiger partial charge < -0.3 is 0 Å². The number of nitroso groups, excluding NO2 is 1. The number of aromatic nitrogens is 2. The van der Waals surface area contributed by atoms with E-state index in [4.69, 9.17) is 0 Å². The van der Waals surface area contributed by atoms with Crippen LogP contribution in [0.1, 0.15) is 11.1 Å². The molecular formula is C16H11N3O. The fourth-order valence-electron chi connectivity index (χ4n) is 2.79. The Labute approximate surface area is 115 Å². The summed E-state index contributed by atoms with van der Waals surface area (Å²) < 4.78 is 0. The molecule has 1 aliphatic rings. The van der Waals surface area contributed by atoms with Crippen molar-refractivity contribution in [3.05, 3.63) is 64.6 Å². The van der Waals surface area contributed by atoms with Crippen LogP contribution in [0.15, 0.2) is 53.7 Å². The predicted octanol–water partition coefficient (Wildman–Crippen LogP) is 4.05. The average molecular weight is 261 g/mol. The highest BCUT2D eigenvalue weighted by atomic mass is 16.3. The lowest BCUT2D eigenvalue weighted by atomic mass is 10.1. The average Bonchev–Trinajstić information content (AvgIpc) is 3.06. The van der Waals surface area contributed by atoms with Crippen LogP contribution in [0, 0.1) is 4.91 Å². The van der Waals surface area contributed by atoms with Gasteiger partial charge in [0.25, 0.3) is 0 Å². The number of benzene rings is 2. The Balaban J connectivity index is 1.82. The van der Waals surface area contributed by atoms with Crippen LogP contribution in [-0.2, 0) is 6.42 Å². The molecule has 0 radical (unpaired) electrons. The molecule has 0 aliphatic heterocycles. The van der Waals surface area contributed by atoms with E-state index in [2.05, 4.69) is 33.6 Å². The molecular weight excluding hydrogens is 250 g/mol. The van der Waals surface area contributed by atoms with Crippen molar-refractivity contribution in [2.75, 3.05) is 0 Å². The molecule has 0 saturated carbocycles. The van der Waals surface area contributed by atoms with Crippen LogP contribution in [0.4, 0.5) is 5.69 Å². The maximum Gasteiger partial charge on any atom is 0.108 e. The first-order chi connectivity index (χ1) is 9.86. The number of hydrogen-bond donors (Lipinski definition) is 1. The van der Waals surface area contributed by atoms with Crippen LogP contribution in [0.2, 0.25) is 0 Å². The molecule has 0 atom stereocenters. The molecule has 0 amide bonds. The second-order valence-electron chi connectivity index (χ2n) is 4.90. The van der Waals surface area contributed by atoms with Crippen LogP contribution >= 0.6 is 0 Å². The van der Waals surface area contributed by atoms with Gasteiger partial charge in [0.05, 0.1) is 11.4 Å². The zero-order chi connectivity index (χ0) is 13.5. The van der Waals surface area contributed by atoms with Gasteiger partial charge in [0, 0.05) is 23.1 Å². The monoisotopic (exact) mass is 261 g/mol. The van der Waals surface area contributed by atoms with Crippen molar-refractivity contribution < 1.29 is 0 Å². The van der Waals surface area contributed by atoms with Crippen molar-refractivity contribution in [1.82, 2.24) is 10.2 Å². The van der Waals surface area contributed by atoms with Gasteiger partial charge >= 0.3 is 0 Å². The highest BCUT2D eigenvalue weighted by Crippen LogP contribution is 2.39. The minimum absolute atomic E-state index is 0.434. The van der Waals surface area contributed by atoms with Crippen molar-refractivity contribution in [3.8, 4) is 22.5 Å². The van der Waals surface area contributed by atoms with Gasteiger partial charge in [-0.25, -0.2) is 0 Å². The fourth-order valence-corrected chi connectivity index (χ4v) is 2.79. The first-order valence-electron chi connectivity index (χ1n) is 6.46. The summed E-state index contributed by atoms with van der Waals surface area (Å²) in [6, 6.07) is 15.6. The number of fused-ring (bicyclic) bond motifs is 3. The third kappa shape index (κ3) is 1.51. The summed E-state index contributed by atoms with van der Waals surface area (Å²) >= 11 is 0. The largest absolute Gasteiger partial charge is 0.277 e. The lowest BCUT2D eigenvalue weighted by Gasteiger charge is -2.00. The Morgan fingerprint density at radius 1 is 1.05 bits per heavy atom. The highest BCUT2D eigenvalue weighted by molar-refractivity contribution is 5.81. The van der Waals surface area contributed by atoms with E-state index < -0.39 is 0 Å². The van der Waals surface area contributed by atoms with E-state index in [-0.39, 0.29) is 0 Å². The Bertz CT molecular complexity index is 803. The molecule has 96 valence electrons. The van der Waals surface area contributed by atoms with Crippen LogP contribution < -0.4 is 0 Å². The van der Waals surface area contributed by atoms with Gasteiger partial charge in [-0.05, 0) is 22.9 Å². The molecule has 1 heterocycles. The van der Waals surface area contributed by atoms with E-state index in [0.29, 0.717) is 5.69 Å². The fraction of sp³-hybridized carbons (Fsp3) is 0.0625. The van der Waals surface area contributed by atoms with Crippen LogP contribution in [-0.4, -0.2) is 10.2 Å². The zero-order valence-electron chi connectivity index (χ0n) is 10.6. The molecule has 4 rings (SSSR count). The molecule has 0 saturated heterocycles.